The van der Waals surface area contributed by atoms with E-state index < -0.39 is 0 Å². The van der Waals surface area contributed by atoms with E-state index in [-0.39, 0.29) is 23.5 Å². The molecule has 1 aliphatic rings. The lowest BCUT2D eigenvalue weighted by atomic mass is 9.63. The van der Waals surface area contributed by atoms with Gasteiger partial charge in [-0.3, -0.25) is 9.78 Å². The Morgan fingerprint density at radius 2 is 2.27 bits per heavy atom. The number of unbranched alkanes of at least 4 members (excludes halogenated alkanes) is 1. The van der Waals surface area contributed by atoms with Crippen LogP contribution in [-0.4, -0.2) is 41.6 Å². The van der Waals surface area contributed by atoms with Gasteiger partial charge in [0.15, 0.2) is 0 Å². The molecule has 122 valence electrons. The summed E-state index contributed by atoms with van der Waals surface area (Å²) in [6.45, 7) is 7.39. The molecule has 22 heavy (non-hydrogen) atoms. The van der Waals surface area contributed by atoms with Gasteiger partial charge in [0, 0.05) is 37.5 Å². The molecule has 4 heteroatoms. The minimum Gasteiger partial charge on any atom is -0.378 e. The van der Waals surface area contributed by atoms with E-state index in [9.17, 15) is 4.79 Å². The predicted octanol–water partition coefficient (Wildman–Crippen LogP) is 3.07. The van der Waals surface area contributed by atoms with Crippen LogP contribution in [0.4, 0.5) is 0 Å². The van der Waals surface area contributed by atoms with Crippen molar-refractivity contribution in [2.45, 2.75) is 58.6 Å². The van der Waals surface area contributed by atoms with Crippen molar-refractivity contribution in [3.63, 3.8) is 0 Å². The molecule has 0 aliphatic heterocycles. The summed E-state index contributed by atoms with van der Waals surface area (Å²) in [5.41, 5.74) is 0.986. The number of ether oxygens (including phenoxy) is 1. The van der Waals surface area contributed by atoms with Gasteiger partial charge in [0.05, 0.1) is 12.5 Å². The van der Waals surface area contributed by atoms with Crippen molar-refractivity contribution in [1.29, 1.82) is 0 Å². The monoisotopic (exact) mass is 304 g/mol. The lowest BCUT2D eigenvalue weighted by molar-refractivity contribution is -0.164. The number of amides is 1. The van der Waals surface area contributed by atoms with E-state index in [0.717, 1.165) is 31.4 Å². The Morgan fingerprint density at radius 3 is 2.86 bits per heavy atom. The smallest absolute Gasteiger partial charge is 0.227 e. The molecular formula is C18H28N2O2. The van der Waals surface area contributed by atoms with Crippen molar-refractivity contribution in [2.75, 3.05) is 13.7 Å². The van der Waals surface area contributed by atoms with E-state index in [1.165, 1.54) is 0 Å². The highest BCUT2D eigenvalue weighted by Crippen LogP contribution is 2.45. The average Bonchev–Trinajstić information content (AvgIpc) is 2.50. The molecule has 0 saturated heterocycles. The number of hydrogen-bond donors (Lipinski definition) is 0. The summed E-state index contributed by atoms with van der Waals surface area (Å²) in [7, 11) is 1.91. The second-order valence-corrected chi connectivity index (χ2v) is 6.83. The zero-order valence-electron chi connectivity index (χ0n) is 14.2. The maximum absolute atomic E-state index is 12.5. The molecule has 2 rings (SSSR count). The number of pyridine rings is 1. The first-order valence-electron chi connectivity index (χ1n) is 8.23. The molecule has 0 aromatic carbocycles. The number of nitrogens with zero attached hydrogens (tertiary/aromatic N) is 2. The van der Waals surface area contributed by atoms with Crippen LogP contribution in [0.25, 0.3) is 0 Å². The van der Waals surface area contributed by atoms with Crippen LogP contribution in [0.15, 0.2) is 24.5 Å². The van der Waals surface area contributed by atoms with Gasteiger partial charge in [-0.1, -0.05) is 33.3 Å². The molecule has 0 N–H and O–H groups in total. The molecule has 1 aromatic heterocycles. The summed E-state index contributed by atoms with van der Waals surface area (Å²) in [6, 6.07) is 4.07. The summed E-state index contributed by atoms with van der Waals surface area (Å²) in [4.78, 5) is 18.4. The summed E-state index contributed by atoms with van der Waals surface area (Å²) in [6.07, 6.45) is 7.36. The minimum atomic E-state index is 0.0209. The van der Waals surface area contributed by atoms with Crippen molar-refractivity contribution in [1.82, 2.24) is 9.88 Å². The summed E-state index contributed by atoms with van der Waals surface area (Å²) >= 11 is 0. The Bertz CT molecular complexity index is 487. The van der Waals surface area contributed by atoms with E-state index in [1.54, 1.807) is 12.4 Å². The molecule has 1 fully saturated rings. The third-order valence-corrected chi connectivity index (χ3v) is 4.88. The van der Waals surface area contributed by atoms with E-state index in [1.807, 2.05) is 24.1 Å². The molecule has 0 spiro atoms. The highest BCUT2D eigenvalue weighted by atomic mass is 16.5. The van der Waals surface area contributed by atoms with Crippen LogP contribution in [0.5, 0.6) is 0 Å². The number of likely N-dealkylation sites (N-methyl/N-ethyl adjacent to an activating group) is 1. The van der Waals surface area contributed by atoms with E-state index >= 15 is 0 Å². The van der Waals surface area contributed by atoms with Gasteiger partial charge in [-0.15, -0.1) is 0 Å². The molecule has 2 atom stereocenters. The van der Waals surface area contributed by atoms with Gasteiger partial charge in [-0.2, -0.15) is 0 Å². The largest absolute Gasteiger partial charge is 0.378 e. The van der Waals surface area contributed by atoms with Gasteiger partial charge < -0.3 is 9.64 Å². The highest BCUT2D eigenvalue weighted by molar-refractivity contribution is 5.79. The Labute approximate surface area is 133 Å². The quantitative estimate of drug-likeness (QED) is 0.727. The Hall–Kier alpha value is -1.42. The molecule has 1 aliphatic carbocycles. The third kappa shape index (κ3) is 3.67. The Kier molecular flexibility index (Phi) is 5.57. The summed E-state index contributed by atoms with van der Waals surface area (Å²) in [5, 5.41) is 0. The Morgan fingerprint density at radius 1 is 1.50 bits per heavy atom. The van der Waals surface area contributed by atoms with Crippen LogP contribution < -0.4 is 0 Å². The molecule has 4 nitrogen and oxygen atoms in total. The molecule has 1 aromatic rings. The second-order valence-electron chi connectivity index (χ2n) is 6.83. The van der Waals surface area contributed by atoms with Crippen LogP contribution >= 0.6 is 0 Å². The zero-order valence-corrected chi connectivity index (χ0v) is 14.2. The fraction of sp³-hybridized carbons (Fsp3) is 0.667. The number of carbonyl (C=O) groups excluding carboxylic acids is 1. The Balaban J connectivity index is 1.88. The highest BCUT2D eigenvalue weighted by Gasteiger charge is 2.51. The van der Waals surface area contributed by atoms with Crippen LogP contribution in [0.2, 0.25) is 0 Å². The lowest BCUT2D eigenvalue weighted by Crippen LogP contribution is -2.62. The molecule has 0 radical (unpaired) electrons. The molecule has 1 amide bonds. The zero-order chi connectivity index (χ0) is 16.2. The first-order chi connectivity index (χ1) is 10.5. The molecule has 1 saturated carbocycles. The lowest BCUT2D eigenvalue weighted by Gasteiger charge is -2.55. The molecule has 1 heterocycles. The first kappa shape index (κ1) is 16.9. The molecule has 0 unspecified atom stereocenters. The number of hydrogen-bond acceptors (Lipinski definition) is 3. The average molecular weight is 304 g/mol. The van der Waals surface area contributed by atoms with Crippen LogP contribution in [0.1, 0.15) is 45.6 Å². The molecule has 0 bridgehead atoms. The number of aromatic nitrogens is 1. The van der Waals surface area contributed by atoms with E-state index in [4.69, 9.17) is 4.74 Å². The normalized spacial score (nSPS) is 22.9. The van der Waals surface area contributed by atoms with Crippen molar-refractivity contribution < 1.29 is 9.53 Å². The number of carbonyl (C=O) groups is 1. The second kappa shape index (κ2) is 7.23. The maximum Gasteiger partial charge on any atom is 0.227 e. The van der Waals surface area contributed by atoms with Gasteiger partial charge >= 0.3 is 0 Å². The van der Waals surface area contributed by atoms with Gasteiger partial charge in [0.2, 0.25) is 5.91 Å². The topological polar surface area (TPSA) is 42.4 Å². The van der Waals surface area contributed by atoms with Gasteiger partial charge in [0.1, 0.15) is 0 Å². The number of rotatable bonds is 7. The van der Waals surface area contributed by atoms with Gasteiger partial charge in [0.25, 0.3) is 0 Å². The molecular weight excluding hydrogens is 276 g/mol. The van der Waals surface area contributed by atoms with Gasteiger partial charge in [-0.25, -0.2) is 0 Å². The van der Waals surface area contributed by atoms with Crippen molar-refractivity contribution in [2.24, 2.45) is 5.41 Å². The van der Waals surface area contributed by atoms with E-state index in [0.29, 0.717) is 6.42 Å². The SMILES string of the molecule is CCCCO[C@H]1C[C@@H](N(C)C(=O)Cc2cccnc2)C1(C)C. The standard InChI is InChI=1S/C18H28N2O2/c1-5-6-10-22-16-12-15(18(16,2)3)20(4)17(21)11-14-8-7-9-19-13-14/h7-9,13,15-16H,5-6,10-12H2,1-4H3/t15-,16+/m1/s1. The van der Waals surface area contributed by atoms with Crippen LogP contribution in [0, 0.1) is 5.41 Å². The minimum absolute atomic E-state index is 0.0209. The predicted molar refractivity (Wildman–Crippen MR) is 87.5 cm³/mol. The maximum atomic E-state index is 12.5. The van der Waals surface area contributed by atoms with Crippen LogP contribution in [-0.2, 0) is 16.0 Å². The summed E-state index contributed by atoms with van der Waals surface area (Å²) < 4.78 is 5.96. The van der Waals surface area contributed by atoms with Crippen molar-refractivity contribution in [3.05, 3.63) is 30.1 Å². The fourth-order valence-corrected chi connectivity index (χ4v) is 3.15. The third-order valence-electron chi connectivity index (χ3n) is 4.88. The fourth-order valence-electron chi connectivity index (χ4n) is 3.15. The van der Waals surface area contributed by atoms with Crippen LogP contribution in [0.3, 0.4) is 0 Å². The summed E-state index contributed by atoms with van der Waals surface area (Å²) in [5.74, 6) is 0.151. The van der Waals surface area contributed by atoms with Gasteiger partial charge in [-0.05, 0) is 24.5 Å². The first-order valence-corrected chi connectivity index (χ1v) is 8.23. The van der Waals surface area contributed by atoms with E-state index in [2.05, 4.69) is 25.8 Å². The van der Waals surface area contributed by atoms with Crippen molar-refractivity contribution >= 4 is 5.91 Å². The van der Waals surface area contributed by atoms with Crippen molar-refractivity contribution in [3.8, 4) is 0 Å².